The van der Waals surface area contributed by atoms with Crippen molar-refractivity contribution in [3.05, 3.63) is 23.3 Å². The van der Waals surface area contributed by atoms with Gasteiger partial charge in [0.05, 0.1) is 13.2 Å². The van der Waals surface area contributed by atoms with E-state index in [1.165, 1.54) is 24.8 Å². The lowest BCUT2D eigenvalue weighted by Crippen LogP contribution is -2.49. The normalized spacial score (nSPS) is 46.2. The Morgan fingerprint density at radius 2 is 1.77 bits per heavy atom. The van der Waals surface area contributed by atoms with Crippen LogP contribution in [0.15, 0.2) is 23.3 Å². The molecule has 1 aliphatic heterocycles. The maximum atomic E-state index is 12.2. The smallest absolute Gasteiger partial charge is 0.172 e. The lowest BCUT2D eigenvalue weighted by atomic mass is 9.50. The number of ketones is 1. The van der Waals surface area contributed by atoms with Gasteiger partial charge in [0.25, 0.3) is 0 Å². The second kappa shape index (κ2) is 5.54. The fourth-order valence-corrected chi connectivity index (χ4v) is 7.36. The first-order chi connectivity index (χ1) is 12.4. The molecule has 4 fully saturated rings. The van der Waals surface area contributed by atoms with Crippen LogP contribution in [0.2, 0.25) is 0 Å². The van der Waals surface area contributed by atoms with Gasteiger partial charge in [0.1, 0.15) is 5.78 Å². The van der Waals surface area contributed by atoms with E-state index in [2.05, 4.69) is 26.0 Å². The molecular formula is C23H32O3. The topological polar surface area (TPSA) is 35.5 Å². The summed E-state index contributed by atoms with van der Waals surface area (Å²) >= 11 is 0. The second-order valence-electron chi connectivity index (χ2n) is 9.95. The minimum absolute atomic E-state index is 0.184. The summed E-state index contributed by atoms with van der Waals surface area (Å²) in [5, 5.41) is 0. The van der Waals surface area contributed by atoms with E-state index in [1.54, 1.807) is 12.5 Å². The summed E-state index contributed by atoms with van der Waals surface area (Å²) in [6.45, 7) is 8.16. The molecule has 0 aromatic carbocycles. The Kier molecular flexibility index (Phi) is 3.66. The molecule has 1 heterocycles. The molecule has 0 bridgehead atoms. The van der Waals surface area contributed by atoms with Crippen LogP contribution in [-0.4, -0.2) is 24.8 Å². The molecule has 3 nitrogen and oxygen atoms in total. The standard InChI is InChI=1S/C23H32O3/c1-15(24)18-6-7-19-17-5-4-16-14-23(25-12-13-26-23)11-10-21(16,2)20(17)8-9-22(18,19)3/h4-5,18-20H,6-14H2,1-3H3/t18-,19+,20-,21-,22-/m1/s1. The van der Waals surface area contributed by atoms with Crippen LogP contribution in [0.4, 0.5) is 0 Å². The van der Waals surface area contributed by atoms with Gasteiger partial charge in [-0.1, -0.05) is 37.1 Å². The van der Waals surface area contributed by atoms with E-state index >= 15 is 0 Å². The predicted molar refractivity (Wildman–Crippen MR) is 100 cm³/mol. The molecule has 4 aliphatic carbocycles. The summed E-state index contributed by atoms with van der Waals surface area (Å²) in [4.78, 5) is 12.2. The minimum Gasteiger partial charge on any atom is -0.347 e. The highest BCUT2D eigenvalue weighted by Crippen LogP contribution is 2.65. The fraction of sp³-hybridized carbons (Fsp3) is 0.783. The molecule has 0 aromatic heterocycles. The van der Waals surface area contributed by atoms with Gasteiger partial charge >= 0.3 is 0 Å². The zero-order valence-electron chi connectivity index (χ0n) is 16.5. The van der Waals surface area contributed by atoms with Gasteiger partial charge in [0, 0.05) is 18.8 Å². The monoisotopic (exact) mass is 356 g/mol. The summed E-state index contributed by atoms with van der Waals surface area (Å²) in [6.07, 6.45) is 12.6. The lowest BCUT2D eigenvalue weighted by molar-refractivity contribution is -0.179. The van der Waals surface area contributed by atoms with Gasteiger partial charge in [0.2, 0.25) is 0 Å². The highest BCUT2D eigenvalue weighted by molar-refractivity contribution is 5.79. The molecule has 5 rings (SSSR count). The van der Waals surface area contributed by atoms with Gasteiger partial charge in [-0.15, -0.1) is 0 Å². The van der Waals surface area contributed by atoms with Gasteiger partial charge in [-0.25, -0.2) is 0 Å². The molecule has 0 amide bonds. The first-order valence-corrected chi connectivity index (χ1v) is 10.6. The number of hydrogen-bond donors (Lipinski definition) is 0. The molecule has 5 atom stereocenters. The van der Waals surface area contributed by atoms with Crippen LogP contribution in [0.1, 0.15) is 65.7 Å². The summed E-state index contributed by atoms with van der Waals surface area (Å²) in [5.41, 5.74) is 3.62. The molecule has 0 unspecified atom stereocenters. The van der Waals surface area contributed by atoms with Crippen LogP contribution < -0.4 is 0 Å². The average Bonchev–Trinajstić information content (AvgIpc) is 3.20. The number of hydrogen-bond acceptors (Lipinski definition) is 3. The number of fused-ring (bicyclic) bond motifs is 5. The molecule has 3 saturated carbocycles. The minimum atomic E-state index is -0.340. The number of rotatable bonds is 1. The Morgan fingerprint density at radius 3 is 2.50 bits per heavy atom. The van der Waals surface area contributed by atoms with Crippen LogP contribution in [0, 0.1) is 28.6 Å². The van der Waals surface area contributed by atoms with Crippen molar-refractivity contribution >= 4 is 5.78 Å². The van der Waals surface area contributed by atoms with Gasteiger partial charge in [-0.05, 0) is 61.7 Å². The first kappa shape index (κ1) is 17.2. The summed E-state index contributed by atoms with van der Waals surface area (Å²) in [5.74, 6) is 1.57. The van der Waals surface area contributed by atoms with Crippen LogP contribution in [0.5, 0.6) is 0 Å². The molecule has 3 heteroatoms. The highest BCUT2D eigenvalue weighted by Gasteiger charge is 2.58. The third kappa shape index (κ3) is 2.16. The van der Waals surface area contributed by atoms with Crippen molar-refractivity contribution in [1.82, 2.24) is 0 Å². The molecule has 1 saturated heterocycles. The number of carbonyl (C=O) groups is 1. The average molecular weight is 357 g/mol. The van der Waals surface area contributed by atoms with Crippen LogP contribution >= 0.6 is 0 Å². The van der Waals surface area contributed by atoms with Crippen molar-refractivity contribution in [3.63, 3.8) is 0 Å². The van der Waals surface area contributed by atoms with E-state index in [0.717, 1.165) is 38.9 Å². The SMILES string of the molecule is CC(=O)[C@H]1CC[C@H]2C3=CC=C4CC5(CC[C@@]4(C)[C@@H]3CC[C@]12C)OCCO5. The number of Topliss-reactive ketones (excluding diaryl/α,β-unsaturated/α-hetero) is 1. The lowest BCUT2D eigenvalue weighted by Gasteiger charge is -2.55. The van der Waals surface area contributed by atoms with E-state index in [4.69, 9.17) is 9.47 Å². The molecule has 0 aromatic rings. The first-order valence-electron chi connectivity index (χ1n) is 10.6. The molecule has 5 aliphatic rings. The number of allylic oxidation sites excluding steroid dienone is 3. The van der Waals surface area contributed by atoms with Crippen molar-refractivity contribution in [3.8, 4) is 0 Å². The number of carbonyl (C=O) groups excluding carboxylic acids is 1. The number of ether oxygens (including phenoxy) is 2. The summed E-state index contributed by atoms with van der Waals surface area (Å²) in [6, 6.07) is 0. The Balaban J connectivity index is 1.49. The van der Waals surface area contributed by atoms with Crippen molar-refractivity contribution < 1.29 is 14.3 Å². The third-order valence-corrected chi connectivity index (χ3v) is 8.88. The van der Waals surface area contributed by atoms with Crippen molar-refractivity contribution in [2.45, 2.75) is 71.5 Å². The Labute approximate surface area is 157 Å². The third-order valence-electron chi connectivity index (χ3n) is 8.88. The molecule has 142 valence electrons. The van der Waals surface area contributed by atoms with Crippen LogP contribution in [0.3, 0.4) is 0 Å². The van der Waals surface area contributed by atoms with E-state index in [-0.39, 0.29) is 22.5 Å². The van der Waals surface area contributed by atoms with Crippen molar-refractivity contribution in [2.24, 2.45) is 28.6 Å². The predicted octanol–water partition coefficient (Wildman–Crippen LogP) is 4.82. The molecule has 1 spiro atoms. The second-order valence-corrected chi connectivity index (χ2v) is 9.95. The zero-order chi connectivity index (χ0) is 18.2. The quantitative estimate of drug-likeness (QED) is 0.676. The van der Waals surface area contributed by atoms with Crippen molar-refractivity contribution in [1.29, 1.82) is 0 Å². The Morgan fingerprint density at radius 1 is 1.00 bits per heavy atom. The van der Waals surface area contributed by atoms with Crippen molar-refractivity contribution in [2.75, 3.05) is 13.2 Å². The molecular weight excluding hydrogens is 324 g/mol. The van der Waals surface area contributed by atoms with Gasteiger partial charge in [0.15, 0.2) is 5.79 Å². The zero-order valence-corrected chi connectivity index (χ0v) is 16.5. The fourth-order valence-electron chi connectivity index (χ4n) is 7.36. The molecule has 0 N–H and O–H groups in total. The van der Waals surface area contributed by atoms with E-state index in [0.29, 0.717) is 17.6 Å². The van der Waals surface area contributed by atoms with Gasteiger partial charge < -0.3 is 9.47 Å². The summed E-state index contributed by atoms with van der Waals surface area (Å²) < 4.78 is 12.0. The Bertz CT molecular complexity index is 698. The molecule has 26 heavy (non-hydrogen) atoms. The maximum absolute atomic E-state index is 12.2. The summed E-state index contributed by atoms with van der Waals surface area (Å²) in [7, 11) is 0. The van der Waals surface area contributed by atoms with E-state index in [9.17, 15) is 4.79 Å². The van der Waals surface area contributed by atoms with Crippen LogP contribution in [-0.2, 0) is 14.3 Å². The molecule has 0 radical (unpaired) electrons. The van der Waals surface area contributed by atoms with E-state index < -0.39 is 0 Å². The largest absolute Gasteiger partial charge is 0.347 e. The Hall–Kier alpha value is -0.930. The van der Waals surface area contributed by atoms with Gasteiger partial charge in [-0.2, -0.15) is 0 Å². The maximum Gasteiger partial charge on any atom is 0.172 e. The highest BCUT2D eigenvalue weighted by atomic mass is 16.7. The van der Waals surface area contributed by atoms with Crippen LogP contribution in [0.25, 0.3) is 0 Å². The van der Waals surface area contributed by atoms with Gasteiger partial charge in [-0.3, -0.25) is 4.79 Å². The van der Waals surface area contributed by atoms with E-state index in [1.807, 2.05) is 0 Å².